The summed E-state index contributed by atoms with van der Waals surface area (Å²) in [5.74, 6) is 0.618. The van der Waals surface area contributed by atoms with Crippen LogP contribution in [0.2, 0.25) is 0 Å². The fourth-order valence-electron chi connectivity index (χ4n) is 0.787. The van der Waals surface area contributed by atoms with E-state index >= 15 is 0 Å². The first-order chi connectivity index (χ1) is 3.84. The van der Waals surface area contributed by atoms with Gasteiger partial charge in [0.15, 0.2) is 0 Å². The van der Waals surface area contributed by atoms with Gasteiger partial charge in [-0.2, -0.15) is 0 Å². The van der Waals surface area contributed by atoms with Gasteiger partial charge in [-0.1, -0.05) is 6.92 Å². The minimum atomic E-state index is 0.618. The quantitative estimate of drug-likeness (QED) is 0.433. The molecule has 0 aromatic rings. The molecule has 1 rings (SSSR count). The zero-order valence-corrected chi connectivity index (χ0v) is 5.98. The van der Waals surface area contributed by atoms with Crippen LogP contribution >= 0.6 is 0 Å². The zero-order valence-electron chi connectivity index (χ0n) is 4.98. The van der Waals surface area contributed by atoms with E-state index in [2.05, 4.69) is 17.2 Å². The molecule has 1 aliphatic heterocycles. The molecule has 2 heteroatoms. The standard InChI is InChI=1S/C6H9OSi/c1-5-2-7-3-6(5)4-8/h4-5H,2-3H2,1H3. The summed E-state index contributed by atoms with van der Waals surface area (Å²) in [6, 6.07) is 0. The molecule has 0 aromatic heterocycles. The summed E-state index contributed by atoms with van der Waals surface area (Å²) < 4.78 is 5.16. The Morgan fingerprint density at radius 3 is 2.88 bits per heavy atom. The maximum atomic E-state index is 5.16. The van der Waals surface area contributed by atoms with Crippen LogP contribution in [0, 0.1) is 5.92 Å². The highest BCUT2D eigenvalue weighted by Crippen LogP contribution is 2.17. The molecule has 0 aromatic carbocycles. The maximum absolute atomic E-state index is 5.16. The highest BCUT2D eigenvalue weighted by molar-refractivity contribution is 6.17. The number of rotatable bonds is 0. The molecular weight excluding hydrogens is 116 g/mol. The minimum absolute atomic E-state index is 0.618. The highest BCUT2D eigenvalue weighted by Gasteiger charge is 2.14. The molecule has 1 nitrogen and oxygen atoms in total. The predicted octanol–water partition coefficient (Wildman–Crippen LogP) is 0.705. The van der Waals surface area contributed by atoms with E-state index in [1.54, 1.807) is 0 Å². The fraction of sp³-hybridized carbons (Fsp3) is 0.667. The van der Waals surface area contributed by atoms with Gasteiger partial charge in [0.05, 0.1) is 23.5 Å². The van der Waals surface area contributed by atoms with Gasteiger partial charge in [0, 0.05) is 5.92 Å². The van der Waals surface area contributed by atoms with Crippen molar-refractivity contribution < 1.29 is 4.74 Å². The summed E-state index contributed by atoms with van der Waals surface area (Å²) >= 11 is 0. The summed E-state index contributed by atoms with van der Waals surface area (Å²) in [6.07, 6.45) is 0. The summed E-state index contributed by atoms with van der Waals surface area (Å²) in [5, 5.41) is 0. The lowest BCUT2D eigenvalue weighted by atomic mass is 10.1. The van der Waals surface area contributed by atoms with Crippen LogP contribution in [0.3, 0.4) is 0 Å². The largest absolute Gasteiger partial charge is 0.377 e. The van der Waals surface area contributed by atoms with Crippen LogP contribution in [0.15, 0.2) is 11.3 Å². The van der Waals surface area contributed by atoms with Crippen molar-refractivity contribution >= 4 is 10.2 Å². The third-order valence-electron chi connectivity index (χ3n) is 1.45. The Labute approximate surface area is 53.2 Å². The van der Waals surface area contributed by atoms with Crippen molar-refractivity contribution in [2.24, 2.45) is 5.92 Å². The van der Waals surface area contributed by atoms with E-state index in [0.29, 0.717) is 5.92 Å². The van der Waals surface area contributed by atoms with Crippen LogP contribution in [0.5, 0.6) is 0 Å². The summed E-state index contributed by atoms with van der Waals surface area (Å²) in [5.41, 5.74) is 3.32. The smallest absolute Gasteiger partial charge is 0.0676 e. The maximum Gasteiger partial charge on any atom is 0.0676 e. The molecule has 0 N–H and O–H groups in total. The fourth-order valence-corrected chi connectivity index (χ4v) is 1.15. The molecule has 1 unspecified atom stereocenters. The number of ether oxygens (including phenoxy) is 1. The van der Waals surface area contributed by atoms with Gasteiger partial charge < -0.3 is 4.74 Å². The molecule has 1 saturated heterocycles. The lowest BCUT2D eigenvalue weighted by Gasteiger charge is -1.96. The van der Waals surface area contributed by atoms with Crippen LogP contribution in [0.4, 0.5) is 0 Å². The van der Waals surface area contributed by atoms with Crippen LogP contribution in [-0.4, -0.2) is 23.5 Å². The second kappa shape index (κ2) is 2.46. The molecule has 0 saturated carbocycles. The van der Waals surface area contributed by atoms with Crippen LogP contribution in [0.1, 0.15) is 6.92 Å². The molecule has 0 bridgehead atoms. The van der Waals surface area contributed by atoms with E-state index in [1.165, 1.54) is 5.57 Å². The van der Waals surface area contributed by atoms with Gasteiger partial charge in [-0.05, 0) is 5.57 Å². The third-order valence-corrected chi connectivity index (χ3v) is 1.83. The number of hydrogen-bond acceptors (Lipinski definition) is 1. The van der Waals surface area contributed by atoms with Crippen LogP contribution in [0.25, 0.3) is 0 Å². The first kappa shape index (κ1) is 6.04. The third kappa shape index (κ3) is 1.01. The van der Waals surface area contributed by atoms with Crippen molar-refractivity contribution in [2.75, 3.05) is 13.2 Å². The molecule has 0 spiro atoms. The second-order valence-corrected chi connectivity index (χ2v) is 2.42. The topological polar surface area (TPSA) is 9.23 Å². The minimum Gasteiger partial charge on any atom is -0.377 e. The average molecular weight is 125 g/mol. The predicted molar refractivity (Wildman–Crippen MR) is 33.8 cm³/mol. The van der Waals surface area contributed by atoms with E-state index in [9.17, 15) is 0 Å². The molecule has 0 aliphatic carbocycles. The van der Waals surface area contributed by atoms with Crippen molar-refractivity contribution in [3.63, 3.8) is 0 Å². The lowest BCUT2D eigenvalue weighted by Crippen LogP contribution is -1.93. The monoisotopic (exact) mass is 125 g/mol. The van der Waals surface area contributed by atoms with E-state index in [4.69, 9.17) is 4.74 Å². The van der Waals surface area contributed by atoms with E-state index in [-0.39, 0.29) is 0 Å². The van der Waals surface area contributed by atoms with Crippen molar-refractivity contribution in [1.82, 2.24) is 0 Å². The van der Waals surface area contributed by atoms with Crippen LogP contribution < -0.4 is 0 Å². The Kier molecular flexibility index (Phi) is 1.86. The summed E-state index contributed by atoms with van der Waals surface area (Å²) in [4.78, 5) is 0. The molecule has 43 valence electrons. The van der Waals surface area contributed by atoms with Gasteiger partial charge in [-0.3, -0.25) is 0 Å². The SMILES string of the molecule is CC1COCC1=C[Si]. The Morgan fingerprint density at radius 2 is 2.62 bits per heavy atom. The Bertz CT molecular complexity index is 109. The zero-order chi connectivity index (χ0) is 5.98. The molecular formula is C6H9OSi. The van der Waals surface area contributed by atoms with Gasteiger partial charge in [0.25, 0.3) is 0 Å². The number of hydrogen-bond donors (Lipinski definition) is 0. The van der Waals surface area contributed by atoms with Gasteiger partial charge in [0.2, 0.25) is 0 Å². The van der Waals surface area contributed by atoms with Gasteiger partial charge >= 0.3 is 0 Å². The highest BCUT2D eigenvalue weighted by atomic mass is 28.1. The van der Waals surface area contributed by atoms with Crippen LogP contribution in [-0.2, 0) is 4.74 Å². The Morgan fingerprint density at radius 1 is 1.88 bits per heavy atom. The van der Waals surface area contributed by atoms with Crippen molar-refractivity contribution in [1.29, 1.82) is 0 Å². The molecule has 1 atom stereocenters. The normalized spacial score (nSPS) is 34.2. The summed E-state index contributed by atoms with van der Waals surface area (Å²) in [6.45, 7) is 3.86. The first-order valence-electron chi connectivity index (χ1n) is 2.78. The average Bonchev–Trinajstić information content (AvgIpc) is 2.14. The molecule has 8 heavy (non-hydrogen) atoms. The van der Waals surface area contributed by atoms with E-state index < -0.39 is 0 Å². The molecule has 1 heterocycles. The molecule has 0 amide bonds. The van der Waals surface area contributed by atoms with Crippen molar-refractivity contribution in [3.8, 4) is 0 Å². The summed E-state index contributed by atoms with van der Waals surface area (Å²) in [7, 11) is 3.32. The molecule has 3 radical (unpaired) electrons. The first-order valence-corrected chi connectivity index (χ1v) is 3.36. The Hall–Kier alpha value is -0.0831. The van der Waals surface area contributed by atoms with Gasteiger partial charge in [0.1, 0.15) is 0 Å². The Balaban J connectivity index is 2.55. The van der Waals surface area contributed by atoms with E-state index in [0.717, 1.165) is 13.2 Å². The molecule has 1 fully saturated rings. The van der Waals surface area contributed by atoms with E-state index in [1.807, 2.05) is 5.70 Å². The van der Waals surface area contributed by atoms with Gasteiger partial charge in [-0.15, -0.1) is 5.70 Å². The van der Waals surface area contributed by atoms with Crippen molar-refractivity contribution in [3.05, 3.63) is 11.3 Å². The van der Waals surface area contributed by atoms with Gasteiger partial charge in [-0.25, -0.2) is 0 Å². The molecule has 1 aliphatic rings. The lowest BCUT2D eigenvalue weighted by molar-refractivity contribution is 0.191. The second-order valence-electron chi connectivity index (χ2n) is 2.14. The van der Waals surface area contributed by atoms with Crippen molar-refractivity contribution in [2.45, 2.75) is 6.92 Å².